The Morgan fingerprint density at radius 1 is 1.19 bits per heavy atom. The first kappa shape index (κ1) is 13.1. The molecule has 0 bridgehead atoms. The average molecular weight is 262 g/mol. The van der Waals surface area contributed by atoms with Crippen molar-refractivity contribution in [2.45, 2.75) is 6.04 Å². The third-order valence-electron chi connectivity index (χ3n) is 2.15. The molecule has 0 saturated carbocycles. The van der Waals surface area contributed by atoms with Crippen molar-refractivity contribution in [3.63, 3.8) is 0 Å². The Hall–Kier alpha value is -0.970. The zero-order valence-electron chi connectivity index (χ0n) is 8.19. The molecule has 2 aromatic rings. The lowest BCUT2D eigenvalue weighted by molar-refractivity contribution is 0.566. The van der Waals surface area contributed by atoms with Gasteiger partial charge in [-0.3, -0.25) is 0 Å². The van der Waals surface area contributed by atoms with Gasteiger partial charge < -0.3 is 5.73 Å². The summed E-state index contributed by atoms with van der Waals surface area (Å²) in [7, 11) is 0. The van der Waals surface area contributed by atoms with Crippen molar-refractivity contribution in [2.24, 2.45) is 5.73 Å². The highest BCUT2D eigenvalue weighted by molar-refractivity contribution is 7.10. The van der Waals surface area contributed by atoms with E-state index in [2.05, 4.69) is 0 Å². The summed E-state index contributed by atoms with van der Waals surface area (Å²) < 4.78 is 26.1. The summed E-state index contributed by atoms with van der Waals surface area (Å²) >= 11 is 1.45. The van der Waals surface area contributed by atoms with Gasteiger partial charge in [-0.15, -0.1) is 23.7 Å². The first-order chi connectivity index (χ1) is 7.18. The molecule has 1 aromatic carbocycles. The van der Waals surface area contributed by atoms with Crippen LogP contribution in [0, 0.1) is 11.6 Å². The van der Waals surface area contributed by atoms with Crippen molar-refractivity contribution in [1.29, 1.82) is 0 Å². The first-order valence-electron chi connectivity index (χ1n) is 4.42. The number of benzene rings is 1. The highest BCUT2D eigenvalue weighted by Gasteiger charge is 2.14. The molecule has 0 amide bonds. The van der Waals surface area contributed by atoms with Gasteiger partial charge in [0.2, 0.25) is 0 Å². The first-order valence-corrected chi connectivity index (χ1v) is 5.30. The van der Waals surface area contributed by atoms with E-state index in [0.29, 0.717) is 5.56 Å². The Bertz CT molecular complexity index is 459. The Labute approximate surface area is 102 Å². The van der Waals surface area contributed by atoms with E-state index in [1.54, 1.807) is 0 Å². The van der Waals surface area contributed by atoms with Gasteiger partial charge in [0, 0.05) is 16.5 Å². The van der Waals surface area contributed by atoms with Crippen molar-refractivity contribution in [3.8, 4) is 0 Å². The van der Waals surface area contributed by atoms with Crippen LogP contribution in [0.25, 0.3) is 0 Å². The van der Waals surface area contributed by atoms with Crippen LogP contribution in [-0.4, -0.2) is 0 Å². The number of hydrogen-bond donors (Lipinski definition) is 1. The predicted octanol–water partition coefficient (Wildman–Crippen LogP) is 3.50. The third-order valence-corrected chi connectivity index (χ3v) is 3.10. The Morgan fingerprint density at radius 3 is 2.50 bits per heavy atom. The molecule has 86 valence electrons. The van der Waals surface area contributed by atoms with Gasteiger partial charge in [0.25, 0.3) is 0 Å². The zero-order valence-corrected chi connectivity index (χ0v) is 9.82. The van der Waals surface area contributed by atoms with Crippen LogP contribution in [0.2, 0.25) is 0 Å². The van der Waals surface area contributed by atoms with Gasteiger partial charge in [-0.2, -0.15) is 0 Å². The van der Waals surface area contributed by atoms with Crippen molar-refractivity contribution < 1.29 is 8.78 Å². The normalized spacial score (nSPS) is 11.9. The molecule has 0 fully saturated rings. The molecule has 2 rings (SSSR count). The van der Waals surface area contributed by atoms with E-state index in [1.807, 2.05) is 17.5 Å². The van der Waals surface area contributed by atoms with E-state index in [4.69, 9.17) is 5.73 Å². The minimum absolute atomic E-state index is 0. The smallest absolute Gasteiger partial charge is 0.131 e. The summed E-state index contributed by atoms with van der Waals surface area (Å²) in [6.45, 7) is 0. The largest absolute Gasteiger partial charge is 0.320 e. The molecular formula is C11H10ClF2NS. The molecule has 0 aliphatic heterocycles. The topological polar surface area (TPSA) is 26.0 Å². The van der Waals surface area contributed by atoms with Gasteiger partial charge in [0.15, 0.2) is 0 Å². The number of thiophene rings is 1. The highest BCUT2D eigenvalue weighted by Crippen LogP contribution is 2.25. The summed E-state index contributed by atoms with van der Waals surface area (Å²) in [5.41, 5.74) is 6.18. The zero-order chi connectivity index (χ0) is 10.8. The van der Waals surface area contributed by atoms with Gasteiger partial charge in [0.05, 0.1) is 6.04 Å². The van der Waals surface area contributed by atoms with Gasteiger partial charge >= 0.3 is 0 Å². The number of rotatable bonds is 2. The van der Waals surface area contributed by atoms with Gasteiger partial charge in [-0.25, -0.2) is 8.78 Å². The van der Waals surface area contributed by atoms with E-state index in [-0.39, 0.29) is 12.4 Å². The summed E-state index contributed by atoms with van der Waals surface area (Å²) in [4.78, 5) is 0.862. The molecule has 0 unspecified atom stereocenters. The molecule has 0 aliphatic rings. The summed E-state index contributed by atoms with van der Waals surface area (Å²) in [5.74, 6) is -1.19. The van der Waals surface area contributed by atoms with Crippen LogP contribution in [0.4, 0.5) is 8.78 Å². The Morgan fingerprint density at radius 2 is 1.94 bits per heavy atom. The van der Waals surface area contributed by atoms with E-state index < -0.39 is 17.7 Å². The fourth-order valence-electron chi connectivity index (χ4n) is 1.38. The molecule has 0 aliphatic carbocycles. The molecule has 16 heavy (non-hydrogen) atoms. The molecule has 5 heteroatoms. The predicted molar refractivity (Wildman–Crippen MR) is 64.0 cm³/mol. The molecule has 0 saturated heterocycles. The average Bonchev–Trinajstić information content (AvgIpc) is 2.69. The standard InChI is InChI=1S/C11H9F2NS.ClH/c12-7-3-4-8(9(13)6-7)11(14)10-2-1-5-15-10;/h1-6,11H,14H2;1H/t11-;/m0./s1. The fourth-order valence-corrected chi connectivity index (χ4v) is 2.12. The molecule has 2 N–H and O–H groups in total. The lowest BCUT2D eigenvalue weighted by atomic mass is 10.1. The van der Waals surface area contributed by atoms with Crippen LogP contribution in [0.15, 0.2) is 35.7 Å². The second kappa shape index (κ2) is 5.39. The second-order valence-electron chi connectivity index (χ2n) is 3.16. The second-order valence-corrected chi connectivity index (χ2v) is 4.14. The van der Waals surface area contributed by atoms with Crippen molar-refractivity contribution >= 4 is 23.7 Å². The van der Waals surface area contributed by atoms with E-state index in [1.165, 1.54) is 23.5 Å². The SMILES string of the molecule is Cl.N[C@H](c1cccs1)c1ccc(F)cc1F. The molecule has 0 radical (unpaired) electrons. The number of halogens is 3. The maximum atomic E-state index is 13.4. The van der Waals surface area contributed by atoms with Crippen molar-refractivity contribution in [3.05, 3.63) is 57.8 Å². The Kier molecular flexibility index (Phi) is 4.41. The van der Waals surface area contributed by atoms with Crippen LogP contribution >= 0.6 is 23.7 Å². The van der Waals surface area contributed by atoms with Crippen LogP contribution in [0.1, 0.15) is 16.5 Å². The Balaban J connectivity index is 0.00000128. The molecular weight excluding hydrogens is 252 g/mol. The summed E-state index contributed by atoms with van der Waals surface area (Å²) in [6, 6.07) is 6.61. The lowest BCUT2D eigenvalue weighted by Crippen LogP contribution is -2.12. The quantitative estimate of drug-likeness (QED) is 0.880. The fraction of sp³-hybridized carbons (Fsp3) is 0.0909. The summed E-state index contributed by atoms with van der Waals surface area (Å²) in [5, 5.41) is 1.87. The van der Waals surface area contributed by atoms with Crippen molar-refractivity contribution in [1.82, 2.24) is 0 Å². The van der Waals surface area contributed by atoms with E-state index in [9.17, 15) is 8.78 Å². The van der Waals surface area contributed by atoms with Crippen molar-refractivity contribution in [2.75, 3.05) is 0 Å². The van der Waals surface area contributed by atoms with Crippen LogP contribution < -0.4 is 5.73 Å². The highest BCUT2D eigenvalue weighted by atomic mass is 35.5. The number of hydrogen-bond acceptors (Lipinski definition) is 2. The molecule has 1 nitrogen and oxygen atoms in total. The lowest BCUT2D eigenvalue weighted by Gasteiger charge is -2.10. The summed E-state index contributed by atoms with van der Waals surface area (Å²) in [6.07, 6.45) is 0. The minimum atomic E-state index is -0.601. The van der Waals surface area contributed by atoms with Gasteiger partial charge in [-0.1, -0.05) is 12.1 Å². The monoisotopic (exact) mass is 261 g/mol. The minimum Gasteiger partial charge on any atom is -0.320 e. The molecule has 1 atom stereocenters. The maximum Gasteiger partial charge on any atom is 0.131 e. The number of nitrogens with two attached hydrogens (primary N) is 1. The van der Waals surface area contributed by atoms with Crippen LogP contribution in [-0.2, 0) is 0 Å². The van der Waals surface area contributed by atoms with E-state index in [0.717, 1.165) is 10.9 Å². The molecule has 1 heterocycles. The van der Waals surface area contributed by atoms with Gasteiger partial charge in [-0.05, 0) is 17.5 Å². The third kappa shape index (κ3) is 2.58. The molecule has 0 spiro atoms. The molecule has 1 aromatic heterocycles. The maximum absolute atomic E-state index is 13.4. The van der Waals surface area contributed by atoms with Crippen LogP contribution in [0.3, 0.4) is 0 Å². The van der Waals surface area contributed by atoms with E-state index >= 15 is 0 Å². The van der Waals surface area contributed by atoms with Gasteiger partial charge in [0.1, 0.15) is 11.6 Å². The van der Waals surface area contributed by atoms with Crippen LogP contribution in [0.5, 0.6) is 0 Å².